The minimum Gasteiger partial charge on any atom is -0.294 e. The summed E-state index contributed by atoms with van der Waals surface area (Å²) in [5.41, 5.74) is 0.360. The lowest BCUT2D eigenvalue weighted by Gasteiger charge is -2.30. The molecule has 1 saturated carbocycles. The van der Waals surface area contributed by atoms with Crippen molar-refractivity contribution < 1.29 is 13.6 Å². The molecule has 0 heterocycles. The van der Waals surface area contributed by atoms with E-state index >= 15 is 0 Å². The lowest BCUT2D eigenvalue weighted by molar-refractivity contribution is -0.122. The van der Waals surface area contributed by atoms with Gasteiger partial charge in [0.1, 0.15) is 12.3 Å². The first-order chi connectivity index (χ1) is 6.43. The highest BCUT2D eigenvalue weighted by Crippen LogP contribution is 2.35. The first-order valence-corrected chi connectivity index (χ1v) is 5.80. The fourth-order valence-electron chi connectivity index (χ4n) is 1.65. The van der Waals surface area contributed by atoms with Crippen LogP contribution >= 0.6 is 22.6 Å². The molecule has 1 aliphatic carbocycles. The van der Waals surface area contributed by atoms with Crippen molar-refractivity contribution in [2.75, 3.05) is 0 Å². The van der Waals surface area contributed by atoms with Gasteiger partial charge < -0.3 is 0 Å². The number of halogens is 3. The van der Waals surface area contributed by atoms with Gasteiger partial charge in [-0.2, -0.15) is 0 Å². The van der Waals surface area contributed by atoms with E-state index < -0.39 is 18.3 Å². The Hall–Kier alpha value is -0.000000000000000111. The maximum atomic E-state index is 13.4. The van der Waals surface area contributed by atoms with Gasteiger partial charge in [-0.25, -0.2) is 8.78 Å². The predicted octanol–water partition coefficient (Wildman–Crippen LogP) is 3.02. The van der Waals surface area contributed by atoms with E-state index in [2.05, 4.69) is 6.58 Å². The van der Waals surface area contributed by atoms with Crippen LogP contribution in [0.2, 0.25) is 0 Å². The number of Topliss-reactive ketones (excluding diaryl/α,β-unsaturated/α-hetero) is 1. The molecular formula is C10H13F2IO. The number of ketones is 1. The van der Waals surface area contributed by atoms with E-state index in [1.807, 2.05) is 22.6 Å². The van der Waals surface area contributed by atoms with Crippen LogP contribution < -0.4 is 0 Å². The van der Waals surface area contributed by atoms with Gasteiger partial charge in [0.15, 0.2) is 5.78 Å². The Kier molecular flexibility index (Phi) is 4.04. The fraction of sp³-hybridized carbons (Fsp3) is 0.700. The lowest BCUT2D eigenvalue weighted by atomic mass is 9.82. The summed E-state index contributed by atoms with van der Waals surface area (Å²) < 4.78 is 26.2. The van der Waals surface area contributed by atoms with Crippen LogP contribution in [-0.4, -0.2) is 22.1 Å². The Morgan fingerprint density at radius 1 is 1.36 bits per heavy atom. The van der Waals surface area contributed by atoms with Crippen LogP contribution in [0.1, 0.15) is 19.8 Å². The highest BCUT2D eigenvalue weighted by Gasteiger charge is 2.39. The largest absolute Gasteiger partial charge is 0.294 e. The smallest absolute Gasteiger partial charge is 0.164 e. The third-order valence-corrected chi connectivity index (χ3v) is 3.80. The van der Waals surface area contributed by atoms with Crippen molar-refractivity contribution in [3.63, 3.8) is 0 Å². The molecule has 0 amide bonds. The number of carbonyl (C=O) groups is 1. The van der Waals surface area contributed by atoms with Crippen molar-refractivity contribution in [3.05, 3.63) is 12.2 Å². The number of carbonyl (C=O) groups excluding carboxylic acids is 1. The molecule has 1 fully saturated rings. The van der Waals surface area contributed by atoms with Crippen molar-refractivity contribution in [2.24, 2.45) is 5.92 Å². The van der Waals surface area contributed by atoms with E-state index in [0.29, 0.717) is 5.57 Å². The van der Waals surface area contributed by atoms with E-state index in [4.69, 9.17) is 0 Å². The van der Waals surface area contributed by atoms with Gasteiger partial charge >= 0.3 is 0 Å². The zero-order valence-electron chi connectivity index (χ0n) is 7.97. The zero-order valence-corrected chi connectivity index (χ0v) is 10.1. The Morgan fingerprint density at radius 3 is 2.43 bits per heavy atom. The van der Waals surface area contributed by atoms with Gasteiger partial charge in [0.05, 0.1) is 5.92 Å². The highest BCUT2D eigenvalue weighted by molar-refractivity contribution is 14.1. The molecule has 4 heteroatoms. The van der Waals surface area contributed by atoms with E-state index in [0.717, 1.165) is 0 Å². The minimum atomic E-state index is -1.35. The molecule has 80 valence electrons. The first-order valence-electron chi connectivity index (χ1n) is 4.55. The van der Waals surface area contributed by atoms with Crippen molar-refractivity contribution in [3.8, 4) is 0 Å². The summed E-state index contributed by atoms with van der Waals surface area (Å²) >= 11 is 1.94. The van der Waals surface area contributed by atoms with Crippen molar-refractivity contribution >= 4 is 28.4 Å². The van der Waals surface area contributed by atoms with Crippen molar-refractivity contribution in [1.82, 2.24) is 0 Å². The number of rotatable bonds is 2. The summed E-state index contributed by atoms with van der Waals surface area (Å²) in [6, 6.07) is 0. The molecule has 4 atom stereocenters. The fourth-order valence-corrected chi connectivity index (χ4v) is 2.49. The van der Waals surface area contributed by atoms with Gasteiger partial charge in [-0.1, -0.05) is 29.2 Å². The Balaban J connectivity index is 2.70. The molecule has 0 aromatic heterocycles. The minimum absolute atomic E-state index is 0.155. The summed E-state index contributed by atoms with van der Waals surface area (Å²) in [5.74, 6) is -0.938. The van der Waals surface area contributed by atoms with Gasteiger partial charge in [-0.05, 0) is 18.9 Å². The molecule has 0 radical (unpaired) electrons. The van der Waals surface area contributed by atoms with E-state index in [1.54, 1.807) is 6.92 Å². The van der Waals surface area contributed by atoms with Crippen molar-refractivity contribution in [1.29, 1.82) is 0 Å². The number of hydrogen-bond acceptors (Lipinski definition) is 1. The molecule has 0 aliphatic heterocycles. The van der Waals surface area contributed by atoms with E-state index in [-0.39, 0.29) is 22.5 Å². The maximum absolute atomic E-state index is 13.4. The first kappa shape index (κ1) is 12.1. The number of alkyl halides is 3. The Bertz CT molecular complexity index is 255. The number of allylic oxidation sites excluding steroid dienone is 1. The van der Waals surface area contributed by atoms with Crippen LogP contribution in [0.25, 0.3) is 0 Å². The van der Waals surface area contributed by atoms with Crippen LogP contribution in [0.5, 0.6) is 0 Å². The molecule has 0 aromatic carbocycles. The van der Waals surface area contributed by atoms with Crippen LogP contribution in [0.3, 0.4) is 0 Å². The molecule has 0 N–H and O–H groups in total. The average molecular weight is 314 g/mol. The zero-order chi connectivity index (χ0) is 10.9. The van der Waals surface area contributed by atoms with Crippen LogP contribution in [0, 0.1) is 5.92 Å². The molecule has 1 nitrogen and oxygen atoms in total. The summed E-state index contributed by atoms with van der Waals surface area (Å²) in [7, 11) is 0. The second kappa shape index (κ2) is 4.68. The molecule has 4 unspecified atom stereocenters. The standard InChI is InChI=1S/C10H13F2IO/c1-5(2)10(14)6-3-9(13)8(12)4-7(6)11/h6-9H,1,3-4H2,2H3. The van der Waals surface area contributed by atoms with Crippen molar-refractivity contribution in [2.45, 2.75) is 36.0 Å². The monoisotopic (exact) mass is 314 g/mol. The van der Waals surface area contributed by atoms with E-state index in [9.17, 15) is 13.6 Å². The van der Waals surface area contributed by atoms with Gasteiger partial charge in [0.25, 0.3) is 0 Å². The Morgan fingerprint density at radius 2 is 1.93 bits per heavy atom. The summed E-state index contributed by atoms with van der Waals surface area (Å²) in [6.07, 6.45) is -2.34. The normalized spacial score (nSPS) is 38.0. The molecule has 0 bridgehead atoms. The van der Waals surface area contributed by atoms with E-state index in [1.165, 1.54) is 0 Å². The Labute approximate surface area is 96.1 Å². The molecule has 0 saturated heterocycles. The van der Waals surface area contributed by atoms with Gasteiger partial charge in [0, 0.05) is 10.3 Å². The third kappa shape index (κ3) is 2.52. The topological polar surface area (TPSA) is 17.1 Å². The molecule has 0 aromatic rings. The SMILES string of the molecule is C=C(C)C(=O)C1CC(I)C(F)CC1F. The quantitative estimate of drug-likeness (QED) is 0.435. The number of hydrogen-bond donors (Lipinski definition) is 0. The molecule has 0 spiro atoms. The van der Waals surface area contributed by atoms with Gasteiger partial charge in [0.2, 0.25) is 0 Å². The second-order valence-electron chi connectivity index (χ2n) is 3.77. The highest BCUT2D eigenvalue weighted by atomic mass is 127. The summed E-state index contributed by atoms with van der Waals surface area (Å²) in [4.78, 5) is 11.5. The molecule has 1 rings (SSSR count). The molecular weight excluding hydrogens is 301 g/mol. The van der Waals surface area contributed by atoms with Crippen LogP contribution in [-0.2, 0) is 4.79 Å². The predicted molar refractivity (Wildman–Crippen MR) is 60.1 cm³/mol. The summed E-state index contributed by atoms with van der Waals surface area (Å²) in [6.45, 7) is 5.06. The maximum Gasteiger partial charge on any atom is 0.164 e. The average Bonchev–Trinajstić information content (AvgIpc) is 2.10. The van der Waals surface area contributed by atoms with Gasteiger partial charge in [-0.15, -0.1) is 0 Å². The molecule has 1 aliphatic rings. The summed E-state index contributed by atoms with van der Waals surface area (Å²) in [5, 5.41) is 0. The third-order valence-electron chi connectivity index (χ3n) is 2.52. The molecule has 14 heavy (non-hydrogen) atoms. The van der Waals surface area contributed by atoms with Gasteiger partial charge in [-0.3, -0.25) is 4.79 Å². The van der Waals surface area contributed by atoms with Crippen LogP contribution in [0.4, 0.5) is 8.78 Å². The lowest BCUT2D eigenvalue weighted by Crippen LogP contribution is -2.39. The second-order valence-corrected chi connectivity index (χ2v) is 5.37. The van der Waals surface area contributed by atoms with Crippen LogP contribution in [0.15, 0.2) is 12.2 Å².